The van der Waals surface area contributed by atoms with Gasteiger partial charge in [-0.15, -0.1) is 11.6 Å². The number of amides is 1. The van der Waals surface area contributed by atoms with Gasteiger partial charge in [-0.1, -0.05) is 0 Å². The van der Waals surface area contributed by atoms with Gasteiger partial charge in [0.25, 0.3) is 0 Å². The number of ether oxygens (including phenoxy) is 2. The zero-order valence-corrected chi connectivity index (χ0v) is 12.2. The fourth-order valence-corrected chi connectivity index (χ4v) is 1.42. The standard InChI is InChI=1S/C12H22ClNO4/c1-5-18-10(15)8-14(6-7-17-4)11(16)12(2,3)9-13/h5-9H2,1-4H3. The molecule has 106 valence electrons. The summed E-state index contributed by atoms with van der Waals surface area (Å²) in [7, 11) is 1.54. The zero-order chi connectivity index (χ0) is 14.2. The Kier molecular flexibility index (Phi) is 7.95. The summed E-state index contributed by atoms with van der Waals surface area (Å²) in [6, 6.07) is 0. The van der Waals surface area contributed by atoms with Crippen molar-refractivity contribution in [2.24, 2.45) is 5.41 Å². The number of hydrogen-bond acceptors (Lipinski definition) is 4. The molecule has 0 N–H and O–H groups in total. The van der Waals surface area contributed by atoms with Crippen LogP contribution in [0.2, 0.25) is 0 Å². The highest BCUT2D eigenvalue weighted by atomic mass is 35.5. The number of carbonyl (C=O) groups is 2. The van der Waals surface area contributed by atoms with E-state index in [-0.39, 0.29) is 18.3 Å². The first-order valence-electron chi connectivity index (χ1n) is 5.89. The molecule has 0 radical (unpaired) electrons. The first kappa shape index (κ1) is 17.2. The van der Waals surface area contributed by atoms with Crippen molar-refractivity contribution in [2.75, 3.05) is 39.3 Å². The summed E-state index contributed by atoms with van der Waals surface area (Å²) < 4.78 is 9.77. The molecule has 6 heteroatoms. The first-order chi connectivity index (χ1) is 8.38. The van der Waals surface area contributed by atoms with Gasteiger partial charge in [0.2, 0.25) is 5.91 Å². The van der Waals surface area contributed by atoms with Crippen molar-refractivity contribution < 1.29 is 19.1 Å². The Morgan fingerprint density at radius 3 is 2.39 bits per heavy atom. The summed E-state index contributed by atoms with van der Waals surface area (Å²) in [5, 5.41) is 0. The van der Waals surface area contributed by atoms with E-state index in [0.29, 0.717) is 19.8 Å². The van der Waals surface area contributed by atoms with Crippen molar-refractivity contribution in [3.63, 3.8) is 0 Å². The third-order valence-electron chi connectivity index (χ3n) is 2.39. The molecule has 0 atom stereocenters. The fraction of sp³-hybridized carbons (Fsp3) is 0.833. The maximum Gasteiger partial charge on any atom is 0.325 e. The number of esters is 1. The number of rotatable bonds is 8. The molecule has 18 heavy (non-hydrogen) atoms. The SMILES string of the molecule is CCOC(=O)CN(CCOC)C(=O)C(C)(C)CCl. The minimum atomic E-state index is -0.707. The quantitative estimate of drug-likeness (QED) is 0.496. The second kappa shape index (κ2) is 8.32. The molecule has 0 aliphatic carbocycles. The average Bonchev–Trinajstić information content (AvgIpc) is 2.33. The molecule has 0 aliphatic heterocycles. The van der Waals surface area contributed by atoms with Crippen LogP contribution in [0.1, 0.15) is 20.8 Å². The minimum Gasteiger partial charge on any atom is -0.465 e. The minimum absolute atomic E-state index is 0.0731. The van der Waals surface area contributed by atoms with Gasteiger partial charge in [-0.3, -0.25) is 9.59 Å². The zero-order valence-electron chi connectivity index (χ0n) is 11.5. The highest BCUT2D eigenvalue weighted by molar-refractivity contribution is 6.19. The van der Waals surface area contributed by atoms with E-state index in [1.54, 1.807) is 27.9 Å². The Bertz CT molecular complexity index is 281. The number of halogens is 1. The summed E-state index contributed by atoms with van der Waals surface area (Å²) in [6.45, 7) is 6.14. The second-order valence-electron chi connectivity index (χ2n) is 4.54. The van der Waals surface area contributed by atoms with Crippen molar-refractivity contribution in [3.8, 4) is 0 Å². The molecule has 0 aromatic carbocycles. The molecule has 0 aliphatic rings. The smallest absolute Gasteiger partial charge is 0.325 e. The van der Waals surface area contributed by atoms with Crippen LogP contribution in [-0.4, -0.2) is 56.1 Å². The van der Waals surface area contributed by atoms with Gasteiger partial charge in [0.1, 0.15) is 6.54 Å². The molecule has 0 unspecified atom stereocenters. The van der Waals surface area contributed by atoms with Crippen molar-refractivity contribution >= 4 is 23.5 Å². The van der Waals surface area contributed by atoms with Crippen molar-refractivity contribution in [2.45, 2.75) is 20.8 Å². The summed E-state index contributed by atoms with van der Waals surface area (Å²) in [5.41, 5.74) is -0.707. The number of nitrogens with zero attached hydrogens (tertiary/aromatic N) is 1. The maximum absolute atomic E-state index is 12.2. The Labute approximate surface area is 113 Å². The van der Waals surface area contributed by atoms with Gasteiger partial charge in [0, 0.05) is 19.5 Å². The number of hydrogen-bond donors (Lipinski definition) is 0. The maximum atomic E-state index is 12.2. The van der Waals surface area contributed by atoms with Crippen LogP contribution >= 0.6 is 11.6 Å². The van der Waals surface area contributed by atoms with Gasteiger partial charge in [-0.2, -0.15) is 0 Å². The lowest BCUT2D eigenvalue weighted by molar-refractivity contribution is -0.152. The molecular formula is C12H22ClNO4. The van der Waals surface area contributed by atoms with Crippen LogP contribution in [0.15, 0.2) is 0 Å². The van der Waals surface area contributed by atoms with Crippen LogP contribution in [0, 0.1) is 5.41 Å². The summed E-state index contributed by atoms with van der Waals surface area (Å²) in [5.74, 6) is -0.409. The molecule has 0 spiro atoms. The van der Waals surface area contributed by atoms with Gasteiger partial charge in [0.05, 0.1) is 18.6 Å². The predicted molar refractivity (Wildman–Crippen MR) is 69.6 cm³/mol. The van der Waals surface area contributed by atoms with E-state index in [9.17, 15) is 9.59 Å². The lowest BCUT2D eigenvalue weighted by Gasteiger charge is -2.29. The second-order valence-corrected chi connectivity index (χ2v) is 4.81. The number of carbonyl (C=O) groups excluding carboxylic acids is 2. The van der Waals surface area contributed by atoms with Crippen LogP contribution in [0.3, 0.4) is 0 Å². The molecule has 0 aromatic rings. The highest BCUT2D eigenvalue weighted by Gasteiger charge is 2.32. The first-order valence-corrected chi connectivity index (χ1v) is 6.42. The summed E-state index contributed by atoms with van der Waals surface area (Å²) in [4.78, 5) is 25.1. The third-order valence-corrected chi connectivity index (χ3v) is 3.06. The van der Waals surface area contributed by atoms with Gasteiger partial charge in [-0.25, -0.2) is 0 Å². The van der Waals surface area contributed by atoms with Crippen LogP contribution in [0.4, 0.5) is 0 Å². The van der Waals surface area contributed by atoms with E-state index in [1.807, 2.05) is 0 Å². The molecule has 0 aromatic heterocycles. The Morgan fingerprint density at radius 2 is 1.94 bits per heavy atom. The Balaban J connectivity index is 4.66. The Hall–Kier alpha value is -0.810. The molecule has 0 saturated heterocycles. The van der Waals surface area contributed by atoms with E-state index >= 15 is 0 Å². The lowest BCUT2D eigenvalue weighted by Crippen LogP contribution is -2.46. The number of methoxy groups -OCH3 is 1. The number of alkyl halides is 1. The van der Waals surface area contributed by atoms with Crippen molar-refractivity contribution in [1.29, 1.82) is 0 Å². The van der Waals surface area contributed by atoms with Crippen LogP contribution in [0.5, 0.6) is 0 Å². The third kappa shape index (κ3) is 5.69. The Morgan fingerprint density at radius 1 is 1.33 bits per heavy atom. The van der Waals surface area contributed by atoms with Crippen LogP contribution in [0.25, 0.3) is 0 Å². The predicted octanol–water partition coefficient (Wildman–Crippen LogP) is 1.29. The van der Waals surface area contributed by atoms with E-state index in [2.05, 4.69) is 0 Å². The van der Waals surface area contributed by atoms with Gasteiger partial charge in [-0.05, 0) is 20.8 Å². The van der Waals surface area contributed by atoms with E-state index < -0.39 is 11.4 Å². The monoisotopic (exact) mass is 279 g/mol. The topological polar surface area (TPSA) is 55.8 Å². The summed E-state index contributed by atoms with van der Waals surface area (Å²) >= 11 is 5.77. The normalized spacial score (nSPS) is 11.2. The molecule has 5 nitrogen and oxygen atoms in total. The van der Waals surface area contributed by atoms with Gasteiger partial charge < -0.3 is 14.4 Å². The lowest BCUT2D eigenvalue weighted by atomic mass is 9.94. The van der Waals surface area contributed by atoms with Crippen molar-refractivity contribution in [3.05, 3.63) is 0 Å². The van der Waals surface area contributed by atoms with Crippen LogP contribution in [-0.2, 0) is 19.1 Å². The largest absolute Gasteiger partial charge is 0.465 e. The van der Waals surface area contributed by atoms with E-state index in [1.165, 1.54) is 4.90 Å². The fourth-order valence-electron chi connectivity index (χ4n) is 1.30. The van der Waals surface area contributed by atoms with E-state index in [0.717, 1.165) is 0 Å². The van der Waals surface area contributed by atoms with E-state index in [4.69, 9.17) is 21.1 Å². The molecule has 1 amide bonds. The molecular weight excluding hydrogens is 258 g/mol. The molecule has 0 bridgehead atoms. The summed E-state index contributed by atoms with van der Waals surface area (Å²) in [6.07, 6.45) is 0. The van der Waals surface area contributed by atoms with Gasteiger partial charge >= 0.3 is 5.97 Å². The molecule has 0 rings (SSSR count). The highest BCUT2D eigenvalue weighted by Crippen LogP contribution is 2.20. The molecule has 0 heterocycles. The van der Waals surface area contributed by atoms with Gasteiger partial charge in [0.15, 0.2) is 0 Å². The molecule has 0 saturated carbocycles. The molecule has 0 fully saturated rings. The average molecular weight is 280 g/mol. The van der Waals surface area contributed by atoms with Crippen molar-refractivity contribution in [1.82, 2.24) is 4.90 Å². The van der Waals surface area contributed by atoms with Crippen LogP contribution < -0.4 is 0 Å².